The second kappa shape index (κ2) is 5.08. The number of nitrogens with one attached hydrogen (secondary N) is 1. The third-order valence-corrected chi connectivity index (χ3v) is 2.42. The first-order chi connectivity index (χ1) is 7.44. The molecule has 0 fully saturated rings. The van der Waals surface area contributed by atoms with Gasteiger partial charge < -0.3 is 5.32 Å². The maximum absolute atomic E-state index is 11.7. The lowest BCUT2D eigenvalue weighted by atomic mass is 9.96. The summed E-state index contributed by atoms with van der Waals surface area (Å²) in [6.07, 6.45) is 1.55. The van der Waals surface area contributed by atoms with Gasteiger partial charge >= 0.3 is 0 Å². The summed E-state index contributed by atoms with van der Waals surface area (Å²) in [5, 5.41) is 11.5. The number of amides is 1. The lowest BCUT2D eigenvalue weighted by molar-refractivity contribution is 0.0943. The number of hydrogen-bond donors (Lipinski definition) is 1. The van der Waals surface area contributed by atoms with Gasteiger partial charge in [-0.1, -0.05) is 0 Å². The molecule has 0 aliphatic heterocycles. The minimum Gasteiger partial charge on any atom is -0.350 e. The minimum absolute atomic E-state index is 0.202. The molecule has 0 bridgehead atoms. The standard InChI is InChI=1S/C11H12BrN3O/c1-11(2,6-13)7-15-10(16)8-3-4-14-9(12)5-8/h3-5H,7H2,1-2H3,(H,15,16). The van der Waals surface area contributed by atoms with Crippen LogP contribution in [-0.2, 0) is 0 Å². The average Bonchev–Trinajstić information content (AvgIpc) is 2.26. The molecular weight excluding hydrogens is 270 g/mol. The summed E-state index contributed by atoms with van der Waals surface area (Å²) in [6, 6.07) is 5.38. The molecule has 0 aromatic carbocycles. The molecule has 0 spiro atoms. The highest BCUT2D eigenvalue weighted by molar-refractivity contribution is 9.10. The number of carbonyl (C=O) groups excluding carboxylic acids is 1. The van der Waals surface area contributed by atoms with Crippen molar-refractivity contribution in [3.05, 3.63) is 28.5 Å². The molecule has 4 nitrogen and oxygen atoms in total. The molecule has 1 amide bonds. The molecule has 1 heterocycles. The van der Waals surface area contributed by atoms with E-state index in [2.05, 4.69) is 32.3 Å². The van der Waals surface area contributed by atoms with Gasteiger partial charge in [0.05, 0.1) is 11.5 Å². The van der Waals surface area contributed by atoms with Crippen molar-refractivity contribution in [1.29, 1.82) is 5.26 Å². The predicted octanol–water partition coefficient (Wildman–Crippen LogP) is 2.12. The summed E-state index contributed by atoms with van der Waals surface area (Å²) in [7, 11) is 0. The van der Waals surface area contributed by atoms with Crippen molar-refractivity contribution in [1.82, 2.24) is 10.3 Å². The van der Waals surface area contributed by atoms with Gasteiger partial charge in [-0.3, -0.25) is 4.79 Å². The van der Waals surface area contributed by atoms with E-state index in [9.17, 15) is 4.79 Å². The Kier molecular flexibility index (Phi) is 4.02. The van der Waals surface area contributed by atoms with Gasteiger partial charge in [0.1, 0.15) is 4.60 Å². The third kappa shape index (κ3) is 3.63. The van der Waals surface area contributed by atoms with Crippen LogP contribution in [0, 0.1) is 16.7 Å². The van der Waals surface area contributed by atoms with Crippen molar-refractivity contribution in [2.45, 2.75) is 13.8 Å². The second-order valence-electron chi connectivity index (χ2n) is 4.05. The molecule has 16 heavy (non-hydrogen) atoms. The number of nitriles is 1. The normalized spacial score (nSPS) is 10.6. The van der Waals surface area contributed by atoms with Crippen molar-refractivity contribution < 1.29 is 4.79 Å². The lowest BCUT2D eigenvalue weighted by Gasteiger charge is -2.15. The highest BCUT2D eigenvalue weighted by Crippen LogP contribution is 2.12. The van der Waals surface area contributed by atoms with Gasteiger partial charge in [0.15, 0.2) is 0 Å². The fourth-order valence-electron chi connectivity index (χ4n) is 0.987. The first kappa shape index (κ1) is 12.7. The van der Waals surface area contributed by atoms with Gasteiger partial charge in [0.2, 0.25) is 0 Å². The Balaban J connectivity index is 2.64. The van der Waals surface area contributed by atoms with Crippen LogP contribution in [0.5, 0.6) is 0 Å². The molecule has 0 atom stereocenters. The monoisotopic (exact) mass is 281 g/mol. The van der Waals surface area contributed by atoms with Crippen LogP contribution in [0.2, 0.25) is 0 Å². The molecule has 0 saturated carbocycles. The van der Waals surface area contributed by atoms with E-state index in [1.54, 1.807) is 32.2 Å². The summed E-state index contributed by atoms with van der Waals surface area (Å²) < 4.78 is 0.611. The zero-order chi connectivity index (χ0) is 12.2. The second-order valence-corrected chi connectivity index (χ2v) is 4.86. The largest absolute Gasteiger partial charge is 0.350 e. The van der Waals surface area contributed by atoms with Crippen molar-refractivity contribution in [3.8, 4) is 6.07 Å². The molecule has 0 saturated heterocycles. The number of halogens is 1. The highest BCUT2D eigenvalue weighted by Gasteiger charge is 2.18. The van der Waals surface area contributed by atoms with E-state index in [4.69, 9.17) is 5.26 Å². The van der Waals surface area contributed by atoms with Gasteiger partial charge in [-0.05, 0) is 41.9 Å². The summed E-state index contributed by atoms with van der Waals surface area (Å²) in [5.74, 6) is -0.202. The zero-order valence-corrected chi connectivity index (χ0v) is 10.7. The lowest BCUT2D eigenvalue weighted by Crippen LogP contribution is -2.33. The van der Waals surface area contributed by atoms with E-state index in [0.29, 0.717) is 16.7 Å². The topological polar surface area (TPSA) is 65.8 Å². The molecule has 1 rings (SSSR count). The van der Waals surface area contributed by atoms with Crippen LogP contribution >= 0.6 is 15.9 Å². The van der Waals surface area contributed by atoms with Crippen LogP contribution in [-0.4, -0.2) is 17.4 Å². The van der Waals surface area contributed by atoms with E-state index >= 15 is 0 Å². The van der Waals surface area contributed by atoms with Gasteiger partial charge in [-0.15, -0.1) is 0 Å². The van der Waals surface area contributed by atoms with Crippen molar-refractivity contribution in [2.75, 3.05) is 6.54 Å². The molecule has 0 radical (unpaired) electrons. The van der Waals surface area contributed by atoms with Crippen molar-refractivity contribution in [3.63, 3.8) is 0 Å². The summed E-state index contributed by atoms with van der Waals surface area (Å²) >= 11 is 3.19. The summed E-state index contributed by atoms with van der Waals surface area (Å²) in [4.78, 5) is 15.6. The van der Waals surface area contributed by atoms with E-state index in [0.717, 1.165) is 0 Å². The highest BCUT2D eigenvalue weighted by atomic mass is 79.9. The van der Waals surface area contributed by atoms with Gasteiger partial charge in [0, 0.05) is 18.3 Å². The number of nitrogens with zero attached hydrogens (tertiary/aromatic N) is 2. The number of rotatable bonds is 3. The van der Waals surface area contributed by atoms with Crippen LogP contribution < -0.4 is 5.32 Å². The molecule has 1 aromatic heterocycles. The van der Waals surface area contributed by atoms with Crippen LogP contribution in [0.25, 0.3) is 0 Å². The molecule has 0 unspecified atom stereocenters. The van der Waals surface area contributed by atoms with Crippen molar-refractivity contribution in [2.24, 2.45) is 5.41 Å². The number of hydrogen-bond acceptors (Lipinski definition) is 3. The van der Waals surface area contributed by atoms with Gasteiger partial charge in [-0.25, -0.2) is 4.98 Å². The number of pyridine rings is 1. The smallest absolute Gasteiger partial charge is 0.251 e. The quantitative estimate of drug-likeness (QED) is 0.863. The molecule has 1 N–H and O–H groups in total. The van der Waals surface area contributed by atoms with Crippen LogP contribution in [0.3, 0.4) is 0 Å². The Morgan fingerprint density at radius 3 is 2.94 bits per heavy atom. The first-order valence-electron chi connectivity index (χ1n) is 4.75. The maximum Gasteiger partial charge on any atom is 0.251 e. The fourth-order valence-corrected chi connectivity index (χ4v) is 1.35. The van der Waals surface area contributed by atoms with E-state index in [1.807, 2.05) is 0 Å². The fraction of sp³-hybridized carbons (Fsp3) is 0.364. The number of carbonyl (C=O) groups is 1. The Hall–Kier alpha value is -1.41. The third-order valence-electron chi connectivity index (χ3n) is 1.98. The van der Waals surface area contributed by atoms with Gasteiger partial charge in [0.25, 0.3) is 5.91 Å². The Labute approximate surface area is 103 Å². The maximum atomic E-state index is 11.7. The Morgan fingerprint density at radius 2 is 2.38 bits per heavy atom. The van der Waals surface area contributed by atoms with Gasteiger partial charge in [-0.2, -0.15) is 5.26 Å². The van der Waals surface area contributed by atoms with E-state index in [1.165, 1.54) is 0 Å². The minimum atomic E-state index is -0.556. The predicted molar refractivity (Wildman–Crippen MR) is 63.7 cm³/mol. The Morgan fingerprint density at radius 1 is 1.69 bits per heavy atom. The zero-order valence-electron chi connectivity index (χ0n) is 9.12. The number of aromatic nitrogens is 1. The molecule has 1 aromatic rings. The molecule has 5 heteroatoms. The SMILES string of the molecule is CC(C)(C#N)CNC(=O)c1ccnc(Br)c1. The summed E-state index contributed by atoms with van der Waals surface area (Å²) in [6.45, 7) is 3.87. The molecule has 0 aliphatic carbocycles. The van der Waals surface area contributed by atoms with E-state index < -0.39 is 5.41 Å². The average molecular weight is 282 g/mol. The summed E-state index contributed by atoms with van der Waals surface area (Å²) in [5.41, 5.74) is -0.0319. The van der Waals surface area contributed by atoms with Crippen LogP contribution in [0.4, 0.5) is 0 Å². The van der Waals surface area contributed by atoms with Crippen LogP contribution in [0.1, 0.15) is 24.2 Å². The molecular formula is C11H12BrN3O. The van der Waals surface area contributed by atoms with Crippen LogP contribution in [0.15, 0.2) is 22.9 Å². The van der Waals surface area contributed by atoms with E-state index in [-0.39, 0.29) is 5.91 Å². The Bertz CT molecular complexity index is 437. The molecule has 84 valence electrons. The molecule has 0 aliphatic rings. The van der Waals surface area contributed by atoms with Crippen molar-refractivity contribution >= 4 is 21.8 Å². The first-order valence-corrected chi connectivity index (χ1v) is 5.55.